The summed E-state index contributed by atoms with van der Waals surface area (Å²) < 4.78 is 0. The third kappa shape index (κ3) is 2.61. The lowest BCUT2D eigenvalue weighted by Gasteiger charge is -2.39. The van der Waals surface area contributed by atoms with E-state index in [0.717, 1.165) is 5.03 Å². The van der Waals surface area contributed by atoms with Gasteiger partial charge in [-0.2, -0.15) is 0 Å². The van der Waals surface area contributed by atoms with Crippen LogP contribution in [0.15, 0.2) is 41.4 Å². The van der Waals surface area contributed by atoms with Gasteiger partial charge in [-0.3, -0.25) is 4.79 Å². The van der Waals surface area contributed by atoms with Crippen LogP contribution in [0.4, 0.5) is 5.69 Å². The fraction of sp³-hybridized carbons (Fsp3) is 0.400. The normalized spacial score (nSPS) is 20.2. The minimum atomic E-state index is 0.241. The zero-order valence-corrected chi connectivity index (χ0v) is 11.9. The molecular formula is C15H19NOS. The van der Waals surface area contributed by atoms with E-state index in [1.165, 1.54) is 5.69 Å². The van der Waals surface area contributed by atoms with Crippen molar-refractivity contribution in [2.45, 2.75) is 26.3 Å². The van der Waals surface area contributed by atoms with Crippen molar-refractivity contribution >= 4 is 23.2 Å². The third-order valence-electron chi connectivity index (χ3n) is 3.28. The molecule has 2 nitrogen and oxygen atoms in total. The molecule has 2 rings (SSSR count). The standard InChI is InChI=1S/C15H19NOS/c1-11(2)14-9-13(17)10-15(18-3)16(14)12-7-5-4-6-8-12/h4-8,10-11,14H,9H2,1-3H3. The minimum absolute atomic E-state index is 0.241. The molecule has 0 saturated heterocycles. The number of thioether (sulfide) groups is 1. The molecule has 0 aromatic heterocycles. The number of rotatable bonds is 3. The van der Waals surface area contributed by atoms with Gasteiger partial charge < -0.3 is 4.90 Å². The molecule has 0 spiro atoms. The molecule has 0 N–H and O–H groups in total. The van der Waals surface area contributed by atoms with E-state index in [2.05, 4.69) is 30.9 Å². The summed E-state index contributed by atoms with van der Waals surface area (Å²) in [5, 5.41) is 1.05. The summed E-state index contributed by atoms with van der Waals surface area (Å²) in [6.45, 7) is 4.36. The largest absolute Gasteiger partial charge is 0.332 e. The van der Waals surface area contributed by atoms with Crippen LogP contribution in [0.3, 0.4) is 0 Å². The number of carbonyl (C=O) groups is 1. The Kier molecular flexibility index (Phi) is 4.12. The van der Waals surface area contributed by atoms with Crippen LogP contribution in [0.25, 0.3) is 0 Å². The maximum atomic E-state index is 11.8. The van der Waals surface area contributed by atoms with Crippen LogP contribution < -0.4 is 4.90 Å². The van der Waals surface area contributed by atoms with E-state index in [9.17, 15) is 4.79 Å². The average Bonchev–Trinajstić information content (AvgIpc) is 2.38. The summed E-state index contributed by atoms with van der Waals surface area (Å²) >= 11 is 1.64. The van der Waals surface area contributed by atoms with Crippen LogP contribution in [0.5, 0.6) is 0 Å². The first-order valence-electron chi connectivity index (χ1n) is 6.26. The molecular weight excluding hydrogens is 242 g/mol. The van der Waals surface area contributed by atoms with Crippen molar-refractivity contribution in [1.29, 1.82) is 0 Å². The second-order valence-electron chi connectivity index (χ2n) is 4.87. The first-order valence-corrected chi connectivity index (χ1v) is 7.48. The molecule has 1 aromatic carbocycles. The number of allylic oxidation sites excluding steroid dienone is 1. The van der Waals surface area contributed by atoms with Crippen molar-refractivity contribution in [2.24, 2.45) is 5.92 Å². The van der Waals surface area contributed by atoms with Gasteiger partial charge in [0, 0.05) is 24.2 Å². The van der Waals surface area contributed by atoms with Crippen LogP contribution in [0, 0.1) is 5.92 Å². The van der Waals surface area contributed by atoms with Gasteiger partial charge in [-0.05, 0) is 24.3 Å². The molecule has 1 heterocycles. The Morgan fingerprint density at radius 3 is 2.50 bits per heavy atom. The Morgan fingerprint density at radius 2 is 1.94 bits per heavy atom. The molecule has 1 aliphatic rings. The first-order chi connectivity index (χ1) is 8.63. The van der Waals surface area contributed by atoms with Crippen molar-refractivity contribution in [2.75, 3.05) is 11.2 Å². The summed E-state index contributed by atoms with van der Waals surface area (Å²) in [5.41, 5.74) is 1.17. The van der Waals surface area contributed by atoms with Crippen LogP contribution in [-0.2, 0) is 4.79 Å². The van der Waals surface area contributed by atoms with E-state index in [-0.39, 0.29) is 11.8 Å². The molecule has 3 heteroatoms. The maximum absolute atomic E-state index is 11.8. The van der Waals surface area contributed by atoms with Crippen molar-refractivity contribution < 1.29 is 4.79 Å². The predicted octanol–water partition coefficient (Wildman–Crippen LogP) is 3.69. The van der Waals surface area contributed by atoms with Gasteiger partial charge >= 0.3 is 0 Å². The van der Waals surface area contributed by atoms with Gasteiger partial charge in [0.1, 0.15) is 0 Å². The van der Waals surface area contributed by atoms with Gasteiger partial charge in [-0.15, -0.1) is 11.8 Å². The average molecular weight is 261 g/mol. The molecule has 96 valence electrons. The molecule has 0 bridgehead atoms. The highest BCUT2D eigenvalue weighted by atomic mass is 32.2. The topological polar surface area (TPSA) is 20.3 Å². The summed E-state index contributed by atoms with van der Waals surface area (Å²) in [6.07, 6.45) is 4.41. The molecule has 18 heavy (non-hydrogen) atoms. The Balaban J connectivity index is 2.43. The zero-order chi connectivity index (χ0) is 13.1. The zero-order valence-electron chi connectivity index (χ0n) is 11.1. The van der Waals surface area contributed by atoms with E-state index >= 15 is 0 Å². The molecule has 0 radical (unpaired) electrons. The summed E-state index contributed by atoms with van der Waals surface area (Å²) in [4.78, 5) is 14.1. The third-order valence-corrected chi connectivity index (χ3v) is 4.01. The van der Waals surface area contributed by atoms with Crippen molar-refractivity contribution in [3.05, 3.63) is 41.4 Å². The number of benzene rings is 1. The quantitative estimate of drug-likeness (QED) is 0.827. The van der Waals surface area contributed by atoms with E-state index < -0.39 is 0 Å². The van der Waals surface area contributed by atoms with Crippen LogP contribution in [0.2, 0.25) is 0 Å². The number of para-hydroxylation sites is 1. The van der Waals surface area contributed by atoms with Crippen molar-refractivity contribution in [3.63, 3.8) is 0 Å². The lowest BCUT2D eigenvalue weighted by molar-refractivity contribution is -0.115. The SMILES string of the molecule is CSC1=CC(=O)CC(C(C)C)N1c1ccccc1. The molecule has 1 unspecified atom stereocenters. The Morgan fingerprint density at radius 1 is 1.28 bits per heavy atom. The highest BCUT2D eigenvalue weighted by Crippen LogP contribution is 2.34. The Hall–Kier alpha value is -1.22. The predicted molar refractivity (Wildman–Crippen MR) is 78.8 cm³/mol. The minimum Gasteiger partial charge on any atom is -0.332 e. The van der Waals surface area contributed by atoms with Crippen molar-refractivity contribution in [1.82, 2.24) is 0 Å². The van der Waals surface area contributed by atoms with Crippen LogP contribution in [0.1, 0.15) is 20.3 Å². The van der Waals surface area contributed by atoms with Gasteiger partial charge in [-0.25, -0.2) is 0 Å². The highest BCUT2D eigenvalue weighted by Gasteiger charge is 2.30. The number of nitrogens with zero attached hydrogens (tertiary/aromatic N) is 1. The highest BCUT2D eigenvalue weighted by molar-refractivity contribution is 8.02. The smallest absolute Gasteiger partial charge is 0.160 e. The number of anilines is 1. The number of carbonyl (C=O) groups excluding carboxylic acids is 1. The van der Waals surface area contributed by atoms with E-state index in [1.54, 1.807) is 17.8 Å². The van der Waals surface area contributed by atoms with Gasteiger partial charge in [0.25, 0.3) is 0 Å². The number of hydrogen-bond acceptors (Lipinski definition) is 3. The second-order valence-corrected chi connectivity index (χ2v) is 5.70. The molecule has 0 saturated carbocycles. The van der Waals surface area contributed by atoms with Crippen LogP contribution in [-0.4, -0.2) is 18.1 Å². The first kappa shape index (κ1) is 13.2. The second kappa shape index (κ2) is 5.61. The Labute approximate surface area is 113 Å². The monoisotopic (exact) mass is 261 g/mol. The van der Waals surface area contributed by atoms with Crippen molar-refractivity contribution in [3.8, 4) is 0 Å². The van der Waals surface area contributed by atoms with Gasteiger partial charge in [0.2, 0.25) is 0 Å². The van der Waals surface area contributed by atoms with E-state index in [1.807, 2.05) is 24.5 Å². The maximum Gasteiger partial charge on any atom is 0.160 e. The number of hydrogen-bond donors (Lipinski definition) is 0. The fourth-order valence-electron chi connectivity index (χ4n) is 2.33. The van der Waals surface area contributed by atoms with Crippen LogP contribution >= 0.6 is 11.8 Å². The lowest BCUT2D eigenvalue weighted by Crippen LogP contribution is -2.42. The lowest BCUT2D eigenvalue weighted by atomic mass is 9.94. The van der Waals surface area contributed by atoms with E-state index in [4.69, 9.17) is 0 Å². The summed E-state index contributed by atoms with van der Waals surface area (Å²) in [5.74, 6) is 0.690. The van der Waals surface area contributed by atoms with Gasteiger partial charge in [-0.1, -0.05) is 32.0 Å². The summed E-state index contributed by atoms with van der Waals surface area (Å²) in [7, 11) is 0. The summed E-state index contributed by atoms with van der Waals surface area (Å²) in [6, 6.07) is 10.6. The molecule has 1 aliphatic heterocycles. The van der Waals surface area contributed by atoms with Gasteiger partial charge in [0.05, 0.1) is 5.03 Å². The number of ketones is 1. The molecule has 1 aromatic rings. The molecule has 1 atom stereocenters. The van der Waals surface area contributed by atoms with Gasteiger partial charge in [0.15, 0.2) is 5.78 Å². The fourth-order valence-corrected chi connectivity index (χ4v) is 3.01. The van der Waals surface area contributed by atoms with E-state index in [0.29, 0.717) is 12.3 Å². The molecule has 0 amide bonds. The Bertz CT molecular complexity index is 453. The molecule has 0 aliphatic carbocycles. The molecule has 0 fully saturated rings.